The van der Waals surface area contributed by atoms with Crippen molar-refractivity contribution in [3.05, 3.63) is 77.6 Å². The van der Waals surface area contributed by atoms with Gasteiger partial charge in [0.25, 0.3) is 15.9 Å². The van der Waals surface area contributed by atoms with Gasteiger partial charge in [0.05, 0.1) is 17.3 Å². The second kappa shape index (κ2) is 9.01. The number of nitrogens with zero attached hydrogens (tertiary/aromatic N) is 3. The van der Waals surface area contributed by atoms with Crippen molar-refractivity contribution >= 4 is 39.2 Å². The second-order valence-corrected chi connectivity index (χ2v) is 8.50. The zero-order chi connectivity index (χ0) is 23.5. The first-order chi connectivity index (χ1) is 15.0. The predicted molar refractivity (Wildman–Crippen MR) is 112 cm³/mol. The van der Waals surface area contributed by atoms with Crippen LogP contribution in [0.1, 0.15) is 16.2 Å². The highest BCUT2D eigenvalue weighted by Gasteiger charge is 2.35. The molecule has 8 nitrogen and oxygen atoms in total. The van der Waals surface area contributed by atoms with Gasteiger partial charge in [0.2, 0.25) is 11.8 Å². The minimum atomic E-state index is -4.77. The first-order valence-electron chi connectivity index (χ1n) is 8.83. The number of amides is 1. The third-order valence-electron chi connectivity index (χ3n) is 4.08. The SMILES string of the molecule is C=CCN(c1ccccc1)S(=O)(=O)c1cc(C(=O)Nc2n[nH]c(C(F)(F)F)n2)ccc1Cl. The fourth-order valence-corrected chi connectivity index (χ4v) is 4.57. The Labute approximate surface area is 185 Å². The highest BCUT2D eigenvalue weighted by molar-refractivity contribution is 7.93. The summed E-state index contributed by atoms with van der Waals surface area (Å²) in [6.45, 7) is 3.49. The quantitative estimate of drug-likeness (QED) is 0.490. The third-order valence-corrected chi connectivity index (χ3v) is 6.36. The number of aromatic amines is 1. The molecule has 0 radical (unpaired) electrons. The van der Waals surface area contributed by atoms with E-state index in [9.17, 15) is 26.4 Å². The monoisotopic (exact) mass is 485 g/mol. The van der Waals surface area contributed by atoms with Crippen LogP contribution in [0.2, 0.25) is 5.02 Å². The number of alkyl halides is 3. The van der Waals surface area contributed by atoms with Crippen LogP contribution >= 0.6 is 11.6 Å². The van der Waals surface area contributed by atoms with Crippen molar-refractivity contribution < 1.29 is 26.4 Å². The summed E-state index contributed by atoms with van der Waals surface area (Å²) in [7, 11) is -4.23. The van der Waals surface area contributed by atoms with Crippen molar-refractivity contribution in [1.29, 1.82) is 0 Å². The maximum Gasteiger partial charge on any atom is 0.451 e. The van der Waals surface area contributed by atoms with Gasteiger partial charge in [-0.2, -0.15) is 18.2 Å². The van der Waals surface area contributed by atoms with Gasteiger partial charge in [-0.25, -0.2) is 8.42 Å². The van der Waals surface area contributed by atoms with Gasteiger partial charge in [0.15, 0.2) is 0 Å². The Kier molecular flexibility index (Phi) is 6.55. The van der Waals surface area contributed by atoms with E-state index in [1.807, 2.05) is 0 Å². The van der Waals surface area contributed by atoms with E-state index < -0.39 is 33.9 Å². The number of H-pyrrole nitrogens is 1. The summed E-state index contributed by atoms with van der Waals surface area (Å²) in [5.41, 5.74) is 0.164. The van der Waals surface area contributed by atoms with E-state index in [4.69, 9.17) is 11.6 Å². The van der Waals surface area contributed by atoms with Crippen molar-refractivity contribution in [3.8, 4) is 0 Å². The highest BCUT2D eigenvalue weighted by atomic mass is 35.5. The molecule has 13 heteroatoms. The molecule has 0 aliphatic rings. The summed E-state index contributed by atoms with van der Waals surface area (Å²) in [4.78, 5) is 15.2. The lowest BCUT2D eigenvalue weighted by Crippen LogP contribution is -2.31. The van der Waals surface area contributed by atoms with E-state index in [-0.39, 0.29) is 22.0 Å². The van der Waals surface area contributed by atoms with Gasteiger partial charge in [-0.3, -0.25) is 19.5 Å². The number of carbonyl (C=O) groups is 1. The van der Waals surface area contributed by atoms with Crippen molar-refractivity contribution in [3.63, 3.8) is 0 Å². The van der Waals surface area contributed by atoms with Crippen LogP contribution in [0.15, 0.2) is 66.1 Å². The Balaban J connectivity index is 1.94. The number of aromatic nitrogens is 3. The van der Waals surface area contributed by atoms with Gasteiger partial charge in [0.1, 0.15) is 4.90 Å². The van der Waals surface area contributed by atoms with Crippen LogP contribution in [0.25, 0.3) is 0 Å². The maximum atomic E-state index is 13.3. The molecule has 2 N–H and O–H groups in total. The molecule has 0 unspecified atom stereocenters. The maximum absolute atomic E-state index is 13.3. The first-order valence-corrected chi connectivity index (χ1v) is 10.6. The summed E-state index contributed by atoms with van der Waals surface area (Å²) in [6, 6.07) is 11.6. The van der Waals surface area contributed by atoms with E-state index >= 15 is 0 Å². The molecule has 0 aliphatic heterocycles. The van der Waals surface area contributed by atoms with Crippen molar-refractivity contribution in [2.75, 3.05) is 16.2 Å². The molecule has 0 saturated heterocycles. The molecule has 0 saturated carbocycles. The Morgan fingerprint density at radius 2 is 1.91 bits per heavy atom. The second-order valence-electron chi connectivity index (χ2n) is 6.27. The number of hydrogen-bond donors (Lipinski definition) is 2. The summed E-state index contributed by atoms with van der Waals surface area (Å²) < 4.78 is 65.5. The summed E-state index contributed by atoms with van der Waals surface area (Å²) >= 11 is 6.11. The van der Waals surface area contributed by atoms with E-state index in [0.717, 1.165) is 10.4 Å². The number of rotatable bonds is 7. The van der Waals surface area contributed by atoms with Crippen molar-refractivity contribution in [2.45, 2.75) is 11.1 Å². The Hall–Kier alpha value is -3.38. The van der Waals surface area contributed by atoms with Gasteiger partial charge >= 0.3 is 6.18 Å². The highest BCUT2D eigenvalue weighted by Crippen LogP contribution is 2.30. The normalized spacial score (nSPS) is 11.8. The first kappa shape index (κ1) is 23.3. The average molecular weight is 486 g/mol. The van der Waals surface area contributed by atoms with E-state index in [1.54, 1.807) is 35.4 Å². The van der Waals surface area contributed by atoms with E-state index in [2.05, 4.69) is 22.0 Å². The summed E-state index contributed by atoms with van der Waals surface area (Å²) in [6.07, 6.45) is -3.39. The lowest BCUT2D eigenvalue weighted by Gasteiger charge is -2.24. The van der Waals surface area contributed by atoms with Crippen LogP contribution in [0, 0.1) is 0 Å². The van der Waals surface area contributed by atoms with Gasteiger partial charge in [0, 0.05) is 5.56 Å². The van der Waals surface area contributed by atoms with Crippen LogP contribution in [0.5, 0.6) is 0 Å². The predicted octanol–water partition coefficient (Wildman–Crippen LogP) is 4.11. The molecule has 168 valence electrons. The molecular weight excluding hydrogens is 471 g/mol. The molecular formula is C19H15ClF3N5O3S. The lowest BCUT2D eigenvalue weighted by molar-refractivity contribution is -0.144. The van der Waals surface area contributed by atoms with Crippen LogP contribution in [0.4, 0.5) is 24.8 Å². The number of benzene rings is 2. The minimum absolute atomic E-state index is 0.0729. The number of nitrogens with one attached hydrogen (secondary N) is 2. The van der Waals surface area contributed by atoms with Gasteiger partial charge < -0.3 is 0 Å². The molecule has 3 aromatic rings. The summed E-state index contributed by atoms with van der Waals surface area (Å²) in [5, 5.41) is 6.86. The third kappa shape index (κ3) is 4.92. The van der Waals surface area contributed by atoms with Gasteiger partial charge in [-0.15, -0.1) is 11.7 Å². The molecule has 2 aromatic carbocycles. The Morgan fingerprint density at radius 3 is 2.50 bits per heavy atom. The number of carbonyl (C=O) groups excluding carboxylic acids is 1. The molecule has 0 atom stereocenters. The molecule has 0 bridgehead atoms. The fraction of sp³-hybridized carbons (Fsp3) is 0.105. The van der Waals surface area contributed by atoms with Crippen LogP contribution in [-0.4, -0.2) is 36.1 Å². The van der Waals surface area contributed by atoms with Crippen LogP contribution < -0.4 is 9.62 Å². The van der Waals surface area contributed by atoms with Crippen molar-refractivity contribution in [1.82, 2.24) is 15.2 Å². The molecule has 1 amide bonds. The topological polar surface area (TPSA) is 108 Å². The Bertz CT molecular complexity index is 1250. The zero-order valence-corrected chi connectivity index (χ0v) is 17.7. The van der Waals surface area contributed by atoms with Gasteiger partial charge in [-0.05, 0) is 30.3 Å². The van der Waals surface area contributed by atoms with Crippen molar-refractivity contribution in [2.24, 2.45) is 0 Å². The molecule has 0 fully saturated rings. The molecule has 0 spiro atoms. The van der Waals surface area contributed by atoms with E-state index in [1.165, 1.54) is 18.2 Å². The zero-order valence-electron chi connectivity index (χ0n) is 16.1. The lowest BCUT2D eigenvalue weighted by atomic mass is 10.2. The largest absolute Gasteiger partial charge is 0.451 e. The van der Waals surface area contributed by atoms with Crippen LogP contribution in [0.3, 0.4) is 0 Å². The molecule has 32 heavy (non-hydrogen) atoms. The standard InChI is InChI=1S/C19H15ClF3N5O3S/c1-2-10-28(13-6-4-3-5-7-13)32(30,31)15-11-12(8-9-14(15)20)16(29)24-18-25-17(26-27-18)19(21,22)23/h2-9,11H,1,10H2,(H2,24,25,26,27,29). The average Bonchev–Trinajstić information content (AvgIpc) is 3.21. The Morgan fingerprint density at radius 1 is 1.22 bits per heavy atom. The number of sulfonamides is 1. The molecule has 3 rings (SSSR count). The number of halogens is 4. The van der Waals surface area contributed by atoms with E-state index in [0.29, 0.717) is 5.69 Å². The number of anilines is 2. The molecule has 0 aliphatic carbocycles. The summed E-state index contributed by atoms with van der Waals surface area (Å²) in [5.74, 6) is -2.95. The fourth-order valence-electron chi connectivity index (χ4n) is 2.63. The molecule has 1 heterocycles. The smallest absolute Gasteiger partial charge is 0.289 e. The number of para-hydroxylation sites is 1. The molecule has 1 aromatic heterocycles. The van der Waals surface area contributed by atoms with Gasteiger partial charge in [-0.1, -0.05) is 35.9 Å². The minimum Gasteiger partial charge on any atom is -0.289 e. The number of hydrogen-bond acceptors (Lipinski definition) is 5. The van der Waals surface area contributed by atoms with Crippen LogP contribution in [-0.2, 0) is 16.2 Å².